The first kappa shape index (κ1) is 11.7. The van der Waals surface area contributed by atoms with E-state index in [0.29, 0.717) is 0 Å². The lowest BCUT2D eigenvalue weighted by Gasteiger charge is -2.28. The Kier molecular flexibility index (Phi) is 4.46. The highest BCUT2D eigenvalue weighted by Gasteiger charge is 2.25. The molecule has 1 aliphatic carbocycles. The minimum atomic E-state index is -1.02. The van der Waals surface area contributed by atoms with Crippen LogP contribution in [-0.4, -0.2) is 9.04 Å². The molecule has 1 fully saturated rings. The Morgan fingerprint density at radius 3 is 2.44 bits per heavy atom. The molecule has 1 unspecified atom stereocenters. The van der Waals surface area contributed by atoms with Gasteiger partial charge in [-0.3, -0.25) is 0 Å². The molecule has 0 saturated heterocycles. The Bertz CT molecular complexity index is 293. The van der Waals surface area contributed by atoms with E-state index in [0.717, 1.165) is 11.3 Å². The van der Waals surface area contributed by atoms with Crippen molar-refractivity contribution in [3.8, 4) is 5.75 Å². The Morgan fingerprint density at radius 1 is 1.12 bits per heavy atom. The summed E-state index contributed by atoms with van der Waals surface area (Å²) >= 11 is 0. The summed E-state index contributed by atoms with van der Waals surface area (Å²) in [6.07, 6.45) is 7.11. The Morgan fingerprint density at radius 2 is 1.81 bits per heavy atom. The van der Waals surface area contributed by atoms with Crippen LogP contribution in [0.2, 0.25) is 11.6 Å². The fourth-order valence-corrected chi connectivity index (χ4v) is 5.44. The van der Waals surface area contributed by atoms with Crippen molar-refractivity contribution in [1.29, 1.82) is 0 Å². The Labute approximate surface area is 101 Å². The lowest BCUT2D eigenvalue weighted by molar-refractivity contribution is 0.451. The Hall–Kier alpha value is -0.763. The van der Waals surface area contributed by atoms with Gasteiger partial charge < -0.3 is 4.43 Å². The smallest absolute Gasteiger partial charge is 0.238 e. The maximum atomic E-state index is 6.24. The molecule has 0 amide bonds. The molecule has 88 valence electrons. The van der Waals surface area contributed by atoms with Crippen LogP contribution in [0.15, 0.2) is 30.3 Å². The molecule has 1 aromatic rings. The second kappa shape index (κ2) is 6.09. The fourth-order valence-electron chi connectivity index (χ4n) is 2.69. The molecule has 2 rings (SSSR count). The number of hydrogen-bond acceptors (Lipinski definition) is 1. The van der Waals surface area contributed by atoms with Crippen molar-refractivity contribution in [2.45, 2.75) is 50.6 Å². The summed E-state index contributed by atoms with van der Waals surface area (Å²) in [7, 11) is -1.02. The molecule has 0 bridgehead atoms. The molecule has 1 aromatic carbocycles. The minimum absolute atomic E-state index is 0.916. The highest BCUT2D eigenvalue weighted by molar-refractivity contribution is 6.54. The van der Waals surface area contributed by atoms with Crippen molar-refractivity contribution in [2.75, 3.05) is 0 Å². The third kappa shape index (κ3) is 3.11. The van der Waals surface area contributed by atoms with E-state index < -0.39 is 9.04 Å². The first-order chi connectivity index (χ1) is 7.90. The quantitative estimate of drug-likeness (QED) is 0.711. The zero-order valence-corrected chi connectivity index (χ0v) is 11.3. The minimum Gasteiger partial charge on any atom is -0.546 e. The fraction of sp³-hybridized carbons (Fsp3) is 0.571. The normalized spacial score (nSPS) is 19.3. The molecule has 0 N–H and O–H groups in total. The van der Waals surface area contributed by atoms with Gasteiger partial charge in [0, 0.05) is 0 Å². The van der Waals surface area contributed by atoms with Gasteiger partial charge in [0.25, 0.3) is 0 Å². The van der Waals surface area contributed by atoms with Crippen molar-refractivity contribution in [2.24, 2.45) is 0 Å². The number of rotatable bonds is 4. The van der Waals surface area contributed by atoms with Crippen LogP contribution in [0.4, 0.5) is 0 Å². The molecule has 1 aliphatic rings. The third-order valence-corrected chi connectivity index (χ3v) is 6.71. The molecule has 0 heterocycles. The van der Waals surface area contributed by atoms with E-state index in [1.807, 2.05) is 0 Å². The molecule has 0 radical (unpaired) electrons. The molecule has 0 aromatic heterocycles. The highest BCUT2D eigenvalue weighted by Crippen LogP contribution is 2.33. The van der Waals surface area contributed by atoms with Crippen molar-refractivity contribution < 1.29 is 4.43 Å². The molecule has 1 saturated carbocycles. The highest BCUT2D eigenvalue weighted by atomic mass is 28.3. The van der Waals surface area contributed by atoms with Crippen molar-refractivity contribution in [3.05, 3.63) is 30.3 Å². The summed E-state index contributed by atoms with van der Waals surface area (Å²) in [5.74, 6) is 1.09. The monoisotopic (exact) mass is 234 g/mol. The van der Waals surface area contributed by atoms with Gasteiger partial charge in [-0.2, -0.15) is 0 Å². The SMILES string of the molecule is CC[SiH](Oc1ccccc1)C1CCCCC1. The predicted octanol–water partition coefficient (Wildman–Crippen LogP) is 4.14. The first-order valence-electron chi connectivity index (χ1n) is 6.62. The zero-order valence-electron chi connectivity index (χ0n) is 10.2. The summed E-state index contributed by atoms with van der Waals surface area (Å²) in [5, 5.41) is 0. The van der Waals surface area contributed by atoms with Gasteiger partial charge >= 0.3 is 0 Å². The standard InChI is InChI=1S/C14H22OSi/c1-2-16(14-11-7-4-8-12-14)15-13-9-5-3-6-10-13/h3,5-6,9-10,14,16H,2,4,7-8,11-12H2,1H3. The van der Waals surface area contributed by atoms with Crippen LogP contribution in [0.5, 0.6) is 5.75 Å². The molecule has 0 aliphatic heterocycles. The average molecular weight is 234 g/mol. The van der Waals surface area contributed by atoms with Crippen LogP contribution in [0.1, 0.15) is 39.0 Å². The summed E-state index contributed by atoms with van der Waals surface area (Å²) in [6, 6.07) is 11.6. The predicted molar refractivity (Wildman–Crippen MR) is 71.5 cm³/mol. The summed E-state index contributed by atoms with van der Waals surface area (Å²) < 4.78 is 6.24. The van der Waals surface area contributed by atoms with Gasteiger partial charge in [-0.15, -0.1) is 0 Å². The van der Waals surface area contributed by atoms with Crippen molar-refractivity contribution in [1.82, 2.24) is 0 Å². The molecule has 1 atom stereocenters. The number of benzene rings is 1. The summed E-state index contributed by atoms with van der Waals surface area (Å²) in [5.41, 5.74) is 0.916. The van der Waals surface area contributed by atoms with Crippen LogP contribution in [-0.2, 0) is 0 Å². The van der Waals surface area contributed by atoms with Gasteiger partial charge in [-0.25, -0.2) is 0 Å². The summed E-state index contributed by atoms with van der Waals surface area (Å²) in [6.45, 7) is 2.30. The largest absolute Gasteiger partial charge is 0.546 e. The lowest BCUT2D eigenvalue weighted by Crippen LogP contribution is -2.28. The van der Waals surface area contributed by atoms with Crippen LogP contribution in [0.3, 0.4) is 0 Å². The molecule has 2 heteroatoms. The van der Waals surface area contributed by atoms with Gasteiger partial charge in [0.1, 0.15) is 5.75 Å². The first-order valence-corrected chi connectivity index (χ1v) is 8.57. The van der Waals surface area contributed by atoms with Crippen LogP contribution < -0.4 is 4.43 Å². The molecular formula is C14H22OSi. The second-order valence-corrected chi connectivity index (χ2v) is 7.85. The molecular weight excluding hydrogens is 212 g/mol. The second-order valence-electron chi connectivity index (χ2n) is 4.78. The third-order valence-electron chi connectivity index (χ3n) is 3.61. The maximum Gasteiger partial charge on any atom is 0.238 e. The van der Waals surface area contributed by atoms with Gasteiger partial charge in [0.15, 0.2) is 0 Å². The van der Waals surface area contributed by atoms with Gasteiger partial charge in [-0.05, 0) is 36.6 Å². The lowest BCUT2D eigenvalue weighted by atomic mass is 10.0. The van der Waals surface area contributed by atoms with Gasteiger partial charge in [0.05, 0.1) is 0 Å². The summed E-state index contributed by atoms with van der Waals surface area (Å²) in [4.78, 5) is 0. The van der Waals surface area contributed by atoms with E-state index in [1.54, 1.807) is 0 Å². The van der Waals surface area contributed by atoms with E-state index in [4.69, 9.17) is 4.43 Å². The van der Waals surface area contributed by atoms with Crippen LogP contribution in [0.25, 0.3) is 0 Å². The van der Waals surface area contributed by atoms with E-state index in [-0.39, 0.29) is 0 Å². The molecule has 0 spiro atoms. The van der Waals surface area contributed by atoms with Gasteiger partial charge in [0.2, 0.25) is 9.04 Å². The van der Waals surface area contributed by atoms with Crippen LogP contribution >= 0.6 is 0 Å². The van der Waals surface area contributed by atoms with E-state index >= 15 is 0 Å². The van der Waals surface area contributed by atoms with E-state index in [1.165, 1.54) is 38.1 Å². The van der Waals surface area contributed by atoms with E-state index in [9.17, 15) is 0 Å². The average Bonchev–Trinajstić information content (AvgIpc) is 2.38. The van der Waals surface area contributed by atoms with E-state index in [2.05, 4.69) is 37.3 Å². The number of para-hydroxylation sites is 1. The van der Waals surface area contributed by atoms with Crippen molar-refractivity contribution >= 4 is 9.04 Å². The zero-order chi connectivity index (χ0) is 11.2. The maximum absolute atomic E-state index is 6.24. The Balaban J connectivity index is 1.94. The topological polar surface area (TPSA) is 9.23 Å². The van der Waals surface area contributed by atoms with Gasteiger partial charge in [-0.1, -0.05) is 44.4 Å². The molecule has 16 heavy (non-hydrogen) atoms. The van der Waals surface area contributed by atoms with Crippen molar-refractivity contribution in [3.63, 3.8) is 0 Å². The van der Waals surface area contributed by atoms with Crippen LogP contribution in [0, 0.1) is 0 Å². The molecule has 1 nitrogen and oxygen atoms in total. The number of hydrogen-bond donors (Lipinski definition) is 0.